The average molecular weight is 226 g/mol. The molecule has 1 aromatic carbocycles. The molecule has 0 fully saturated rings. The average Bonchev–Trinajstić information content (AvgIpc) is 2.56. The normalized spacial score (nSPS) is 10.4. The molecular weight excluding hydrogens is 218 g/mol. The molecule has 0 aliphatic heterocycles. The highest BCUT2D eigenvalue weighted by atomic mass is 35.5. The Balaban J connectivity index is 2.55. The molecule has 2 nitrogen and oxygen atoms in total. The number of rotatable bonds is 1. The first-order chi connectivity index (χ1) is 6.66. The van der Waals surface area contributed by atoms with Crippen LogP contribution in [0.5, 0.6) is 5.75 Å². The van der Waals surface area contributed by atoms with E-state index >= 15 is 0 Å². The minimum atomic E-state index is 0.234. The van der Waals surface area contributed by atoms with Gasteiger partial charge in [0.1, 0.15) is 5.75 Å². The molecule has 2 rings (SSSR count). The summed E-state index contributed by atoms with van der Waals surface area (Å²) in [6.07, 6.45) is 0. The van der Waals surface area contributed by atoms with Crippen LogP contribution in [0.3, 0.4) is 0 Å². The van der Waals surface area contributed by atoms with Gasteiger partial charge in [-0.05, 0) is 42.7 Å². The molecule has 0 saturated carbocycles. The molecule has 0 radical (unpaired) electrons. The summed E-state index contributed by atoms with van der Waals surface area (Å²) in [4.78, 5) is 0.933. The van der Waals surface area contributed by atoms with Crippen molar-refractivity contribution >= 4 is 23.1 Å². The molecular formula is C10H8ClNOS. The highest BCUT2D eigenvalue weighted by Gasteiger charge is 2.07. The van der Waals surface area contributed by atoms with Gasteiger partial charge in [0.15, 0.2) is 0 Å². The van der Waals surface area contributed by atoms with Gasteiger partial charge in [-0.1, -0.05) is 11.6 Å². The summed E-state index contributed by atoms with van der Waals surface area (Å²) in [6, 6.07) is 6.92. The SMILES string of the molecule is Cc1cc(-c2cc(Cl)ccc2O)sn1. The molecule has 0 bridgehead atoms. The lowest BCUT2D eigenvalue weighted by atomic mass is 10.1. The van der Waals surface area contributed by atoms with Crippen LogP contribution < -0.4 is 0 Å². The van der Waals surface area contributed by atoms with Gasteiger partial charge in [-0.3, -0.25) is 0 Å². The van der Waals surface area contributed by atoms with Crippen molar-refractivity contribution in [2.45, 2.75) is 6.92 Å². The molecule has 0 unspecified atom stereocenters. The van der Waals surface area contributed by atoms with Gasteiger partial charge < -0.3 is 5.11 Å². The second-order valence-electron chi connectivity index (χ2n) is 2.99. The largest absolute Gasteiger partial charge is 0.507 e. The minimum absolute atomic E-state index is 0.234. The predicted octanol–water partition coefficient (Wildman–Crippen LogP) is 3.48. The minimum Gasteiger partial charge on any atom is -0.507 e. The first-order valence-electron chi connectivity index (χ1n) is 4.09. The van der Waals surface area contributed by atoms with Crippen molar-refractivity contribution in [2.24, 2.45) is 0 Å². The van der Waals surface area contributed by atoms with E-state index in [0.29, 0.717) is 5.02 Å². The van der Waals surface area contributed by atoms with Gasteiger partial charge in [0.25, 0.3) is 0 Å². The molecule has 0 atom stereocenters. The van der Waals surface area contributed by atoms with Gasteiger partial charge in [0, 0.05) is 10.6 Å². The molecule has 2 aromatic rings. The summed E-state index contributed by atoms with van der Waals surface area (Å²) < 4.78 is 4.15. The van der Waals surface area contributed by atoms with E-state index in [4.69, 9.17) is 11.6 Å². The summed E-state index contributed by atoms with van der Waals surface area (Å²) in [6.45, 7) is 1.92. The zero-order valence-corrected chi connectivity index (χ0v) is 9.06. The number of halogens is 1. The fourth-order valence-electron chi connectivity index (χ4n) is 1.20. The Bertz CT molecular complexity index is 467. The maximum Gasteiger partial charge on any atom is 0.124 e. The Labute approximate surface area is 91.0 Å². The summed E-state index contributed by atoms with van der Waals surface area (Å²) in [7, 11) is 0. The van der Waals surface area contributed by atoms with Crippen LogP contribution >= 0.6 is 23.1 Å². The van der Waals surface area contributed by atoms with Gasteiger partial charge in [0.2, 0.25) is 0 Å². The van der Waals surface area contributed by atoms with Crippen LogP contribution in [0.2, 0.25) is 5.02 Å². The lowest BCUT2D eigenvalue weighted by molar-refractivity contribution is 0.477. The molecule has 0 amide bonds. The fraction of sp³-hybridized carbons (Fsp3) is 0.100. The van der Waals surface area contributed by atoms with Crippen LogP contribution in [-0.2, 0) is 0 Å². The molecule has 4 heteroatoms. The van der Waals surface area contributed by atoms with E-state index < -0.39 is 0 Å². The van der Waals surface area contributed by atoms with Gasteiger partial charge in [-0.15, -0.1) is 0 Å². The lowest BCUT2D eigenvalue weighted by Crippen LogP contribution is -1.74. The Kier molecular flexibility index (Phi) is 2.44. The third-order valence-electron chi connectivity index (χ3n) is 1.85. The number of phenols is 1. The molecule has 0 aliphatic carbocycles. The second-order valence-corrected chi connectivity index (χ2v) is 4.24. The third-order valence-corrected chi connectivity index (χ3v) is 3.00. The van der Waals surface area contributed by atoms with Crippen LogP contribution in [0.1, 0.15) is 5.69 Å². The first kappa shape index (κ1) is 9.49. The van der Waals surface area contributed by atoms with Crippen molar-refractivity contribution < 1.29 is 5.11 Å². The number of benzene rings is 1. The summed E-state index contributed by atoms with van der Waals surface area (Å²) in [5.41, 5.74) is 1.69. The first-order valence-corrected chi connectivity index (χ1v) is 5.24. The summed E-state index contributed by atoms with van der Waals surface area (Å²) in [5, 5.41) is 10.2. The Morgan fingerprint density at radius 1 is 1.36 bits per heavy atom. The van der Waals surface area contributed by atoms with E-state index in [9.17, 15) is 5.11 Å². The van der Waals surface area contributed by atoms with Crippen molar-refractivity contribution in [3.8, 4) is 16.2 Å². The number of aryl methyl sites for hydroxylation is 1. The van der Waals surface area contributed by atoms with Crippen molar-refractivity contribution in [2.75, 3.05) is 0 Å². The zero-order chi connectivity index (χ0) is 10.1. The van der Waals surface area contributed by atoms with Crippen LogP contribution in [0.15, 0.2) is 24.3 Å². The lowest BCUT2D eigenvalue weighted by Gasteiger charge is -2.00. The summed E-state index contributed by atoms with van der Waals surface area (Å²) in [5.74, 6) is 0.234. The highest BCUT2D eigenvalue weighted by molar-refractivity contribution is 7.09. The van der Waals surface area contributed by atoms with Crippen molar-refractivity contribution in [3.63, 3.8) is 0 Å². The van der Waals surface area contributed by atoms with Crippen molar-refractivity contribution in [1.29, 1.82) is 0 Å². The number of aromatic nitrogens is 1. The van der Waals surface area contributed by atoms with E-state index in [0.717, 1.165) is 16.1 Å². The van der Waals surface area contributed by atoms with Gasteiger partial charge in [0.05, 0.1) is 10.6 Å². The molecule has 1 N–H and O–H groups in total. The van der Waals surface area contributed by atoms with Gasteiger partial charge in [-0.25, -0.2) is 0 Å². The zero-order valence-electron chi connectivity index (χ0n) is 7.49. The molecule has 0 spiro atoms. The Morgan fingerprint density at radius 3 is 2.79 bits per heavy atom. The van der Waals surface area contributed by atoms with Crippen molar-refractivity contribution in [1.82, 2.24) is 4.37 Å². The Morgan fingerprint density at radius 2 is 2.14 bits per heavy atom. The summed E-state index contributed by atoms with van der Waals surface area (Å²) >= 11 is 7.20. The van der Waals surface area contributed by atoms with Crippen LogP contribution in [0.25, 0.3) is 10.4 Å². The quantitative estimate of drug-likeness (QED) is 0.806. The molecule has 14 heavy (non-hydrogen) atoms. The van der Waals surface area contributed by atoms with E-state index in [2.05, 4.69) is 4.37 Å². The number of phenolic OH excluding ortho intramolecular Hbond substituents is 1. The standard InChI is InChI=1S/C10H8ClNOS/c1-6-4-10(14-12-6)8-5-7(11)2-3-9(8)13/h2-5,13H,1H3. The van der Waals surface area contributed by atoms with E-state index in [1.54, 1.807) is 18.2 Å². The van der Waals surface area contributed by atoms with Gasteiger partial charge >= 0.3 is 0 Å². The molecule has 1 aromatic heterocycles. The number of hydrogen-bond donors (Lipinski definition) is 1. The van der Waals surface area contributed by atoms with Crippen LogP contribution in [-0.4, -0.2) is 9.48 Å². The molecule has 0 aliphatic rings. The fourth-order valence-corrected chi connectivity index (χ4v) is 2.15. The smallest absolute Gasteiger partial charge is 0.124 e. The number of nitrogens with zero attached hydrogens (tertiary/aromatic N) is 1. The van der Waals surface area contributed by atoms with E-state index in [-0.39, 0.29) is 5.75 Å². The highest BCUT2D eigenvalue weighted by Crippen LogP contribution is 2.34. The maximum atomic E-state index is 9.62. The van der Waals surface area contributed by atoms with Crippen molar-refractivity contribution in [3.05, 3.63) is 35.0 Å². The monoisotopic (exact) mass is 225 g/mol. The second kappa shape index (κ2) is 3.59. The Hall–Kier alpha value is -1.06. The van der Waals surface area contributed by atoms with Gasteiger partial charge in [-0.2, -0.15) is 4.37 Å². The van der Waals surface area contributed by atoms with E-state index in [1.807, 2.05) is 13.0 Å². The van der Waals surface area contributed by atoms with Crippen LogP contribution in [0.4, 0.5) is 0 Å². The topological polar surface area (TPSA) is 33.1 Å². The van der Waals surface area contributed by atoms with E-state index in [1.165, 1.54) is 11.5 Å². The van der Waals surface area contributed by atoms with Crippen LogP contribution in [0, 0.1) is 6.92 Å². The number of hydrogen-bond acceptors (Lipinski definition) is 3. The third kappa shape index (κ3) is 1.74. The predicted molar refractivity (Wildman–Crippen MR) is 59.0 cm³/mol. The number of aromatic hydroxyl groups is 1. The molecule has 72 valence electrons. The molecule has 0 saturated heterocycles. The maximum absolute atomic E-state index is 9.62. The molecule has 1 heterocycles.